The van der Waals surface area contributed by atoms with Crippen LogP contribution < -0.4 is 9.04 Å². The van der Waals surface area contributed by atoms with Gasteiger partial charge in [-0.15, -0.1) is 0 Å². The third-order valence-corrected chi connectivity index (χ3v) is 3.76. The molecule has 7 heteroatoms. The number of carboxylic acid groups (broad SMARTS) is 1. The molecule has 0 radical (unpaired) electrons. The Morgan fingerprint density at radius 1 is 1.42 bits per heavy atom. The van der Waals surface area contributed by atoms with E-state index in [-0.39, 0.29) is 6.54 Å². The molecular formula is C12H17NO5S. The Hall–Kier alpha value is -1.76. The zero-order chi connectivity index (χ0) is 14.6. The number of ether oxygens (including phenoxy) is 1. The van der Waals surface area contributed by atoms with Crippen molar-refractivity contribution >= 4 is 21.7 Å². The van der Waals surface area contributed by atoms with Crippen molar-refractivity contribution in [2.24, 2.45) is 5.92 Å². The van der Waals surface area contributed by atoms with Crippen molar-refractivity contribution in [3.05, 3.63) is 24.3 Å². The average Bonchev–Trinajstić information content (AvgIpc) is 2.34. The van der Waals surface area contributed by atoms with E-state index in [1.54, 1.807) is 24.3 Å². The third kappa shape index (κ3) is 3.85. The van der Waals surface area contributed by atoms with Crippen molar-refractivity contribution in [2.45, 2.75) is 6.92 Å². The number of anilines is 1. The quantitative estimate of drug-likeness (QED) is 0.849. The van der Waals surface area contributed by atoms with Gasteiger partial charge in [0.1, 0.15) is 5.75 Å². The lowest BCUT2D eigenvalue weighted by atomic mass is 10.2. The molecule has 0 aromatic heterocycles. The Kier molecular flexibility index (Phi) is 4.77. The maximum atomic E-state index is 11.8. The van der Waals surface area contributed by atoms with Crippen LogP contribution in [0.3, 0.4) is 0 Å². The lowest BCUT2D eigenvalue weighted by Crippen LogP contribution is -2.36. The summed E-state index contributed by atoms with van der Waals surface area (Å²) in [6, 6.07) is 6.58. The summed E-state index contributed by atoms with van der Waals surface area (Å²) < 4.78 is 29.8. The predicted octanol–water partition coefficient (Wildman–Crippen LogP) is 1.18. The van der Waals surface area contributed by atoms with Crippen LogP contribution in [0.25, 0.3) is 0 Å². The van der Waals surface area contributed by atoms with E-state index >= 15 is 0 Å². The number of hydrogen-bond donors (Lipinski definition) is 1. The predicted molar refractivity (Wildman–Crippen MR) is 72.0 cm³/mol. The smallest absolute Gasteiger partial charge is 0.308 e. The van der Waals surface area contributed by atoms with E-state index in [0.717, 1.165) is 10.6 Å². The summed E-state index contributed by atoms with van der Waals surface area (Å²) in [5.41, 5.74) is 0.334. The van der Waals surface area contributed by atoms with Gasteiger partial charge in [-0.1, -0.05) is 19.1 Å². The summed E-state index contributed by atoms with van der Waals surface area (Å²) in [5.74, 6) is -1.49. The Labute approximate surface area is 112 Å². The number of hydrogen-bond acceptors (Lipinski definition) is 4. The molecule has 0 fully saturated rings. The van der Waals surface area contributed by atoms with Gasteiger partial charge in [-0.05, 0) is 12.1 Å². The molecule has 1 aromatic carbocycles. The summed E-state index contributed by atoms with van der Waals surface area (Å²) in [7, 11) is -2.16. The molecule has 1 N–H and O–H groups in total. The second-order valence-electron chi connectivity index (χ2n) is 4.21. The molecular weight excluding hydrogens is 270 g/mol. The van der Waals surface area contributed by atoms with Crippen LogP contribution in [0, 0.1) is 5.92 Å². The van der Waals surface area contributed by atoms with E-state index in [4.69, 9.17) is 9.84 Å². The van der Waals surface area contributed by atoms with Gasteiger partial charge < -0.3 is 9.84 Å². The van der Waals surface area contributed by atoms with Crippen LogP contribution in [-0.2, 0) is 14.8 Å². The van der Waals surface area contributed by atoms with Gasteiger partial charge in [0.05, 0.1) is 25.0 Å². The van der Waals surface area contributed by atoms with Crippen LogP contribution in [0.1, 0.15) is 6.92 Å². The average molecular weight is 287 g/mol. The van der Waals surface area contributed by atoms with Gasteiger partial charge in [0.15, 0.2) is 0 Å². The zero-order valence-electron chi connectivity index (χ0n) is 11.0. The lowest BCUT2D eigenvalue weighted by molar-refractivity contribution is -0.140. The van der Waals surface area contributed by atoms with E-state index in [1.165, 1.54) is 14.0 Å². The number of rotatable bonds is 6. The summed E-state index contributed by atoms with van der Waals surface area (Å²) in [6.07, 6.45) is 1.04. The standard InChI is InChI=1S/C12H17NO5S/c1-9(12(14)15)8-13(19(3,16)17)10-6-4-5-7-11(10)18-2/h4-7,9H,8H2,1-3H3,(H,14,15). The SMILES string of the molecule is COc1ccccc1N(CC(C)C(=O)O)S(C)(=O)=O. The van der Waals surface area contributed by atoms with Crippen molar-refractivity contribution in [1.82, 2.24) is 0 Å². The Bertz CT molecular complexity index is 555. The van der Waals surface area contributed by atoms with Gasteiger partial charge in [-0.25, -0.2) is 8.42 Å². The van der Waals surface area contributed by atoms with E-state index in [0.29, 0.717) is 11.4 Å². The molecule has 0 heterocycles. The molecule has 19 heavy (non-hydrogen) atoms. The molecule has 0 bridgehead atoms. The minimum Gasteiger partial charge on any atom is -0.495 e. The lowest BCUT2D eigenvalue weighted by Gasteiger charge is -2.25. The first-order chi connectivity index (χ1) is 8.77. The van der Waals surface area contributed by atoms with Gasteiger partial charge >= 0.3 is 5.97 Å². The van der Waals surface area contributed by atoms with Gasteiger partial charge in [0, 0.05) is 6.54 Å². The normalized spacial score (nSPS) is 12.8. The highest BCUT2D eigenvalue weighted by atomic mass is 32.2. The van der Waals surface area contributed by atoms with Crippen LogP contribution in [0.15, 0.2) is 24.3 Å². The molecule has 0 saturated heterocycles. The van der Waals surface area contributed by atoms with E-state index < -0.39 is 21.9 Å². The summed E-state index contributed by atoms with van der Waals surface area (Å²) in [5, 5.41) is 8.92. The van der Waals surface area contributed by atoms with Gasteiger partial charge in [0.25, 0.3) is 0 Å². The van der Waals surface area contributed by atoms with Gasteiger partial charge in [-0.2, -0.15) is 0 Å². The van der Waals surface area contributed by atoms with E-state index in [1.807, 2.05) is 0 Å². The highest BCUT2D eigenvalue weighted by molar-refractivity contribution is 7.92. The first kappa shape index (κ1) is 15.3. The van der Waals surface area contributed by atoms with Crippen molar-refractivity contribution in [1.29, 1.82) is 0 Å². The maximum absolute atomic E-state index is 11.8. The fraction of sp³-hybridized carbons (Fsp3) is 0.417. The number of carbonyl (C=O) groups is 1. The molecule has 0 amide bonds. The highest BCUT2D eigenvalue weighted by Gasteiger charge is 2.25. The Morgan fingerprint density at radius 2 is 2.00 bits per heavy atom. The van der Waals surface area contributed by atoms with Crippen LogP contribution >= 0.6 is 0 Å². The van der Waals surface area contributed by atoms with Gasteiger partial charge in [0.2, 0.25) is 10.0 Å². The molecule has 1 unspecified atom stereocenters. The van der Waals surface area contributed by atoms with Gasteiger partial charge in [-0.3, -0.25) is 9.10 Å². The first-order valence-corrected chi connectivity index (χ1v) is 7.45. The maximum Gasteiger partial charge on any atom is 0.308 e. The minimum absolute atomic E-state index is 0.144. The second kappa shape index (κ2) is 5.92. The van der Waals surface area contributed by atoms with E-state index in [2.05, 4.69) is 0 Å². The molecule has 1 aromatic rings. The van der Waals surface area contributed by atoms with Crippen molar-refractivity contribution < 1.29 is 23.1 Å². The largest absolute Gasteiger partial charge is 0.495 e. The minimum atomic E-state index is -3.59. The molecule has 0 aliphatic rings. The van der Waals surface area contributed by atoms with Crippen LogP contribution in [0.5, 0.6) is 5.75 Å². The van der Waals surface area contributed by atoms with Crippen molar-refractivity contribution in [2.75, 3.05) is 24.2 Å². The number of aliphatic carboxylic acids is 1. The Morgan fingerprint density at radius 3 is 2.47 bits per heavy atom. The fourth-order valence-corrected chi connectivity index (χ4v) is 2.58. The molecule has 0 aliphatic carbocycles. The first-order valence-electron chi connectivity index (χ1n) is 5.61. The molecule has 0 saturated carbocycles. The molecule has 6 nitrogen and oxygen atoms in total. The van der Waals surface area contributed by atoms with E-state index in [9.17, 15) is 13.2 Å². The monoisotopic (exact) mass is 287 g/mol. The molecule has 0 aliphatic heterocycles. The number of benzene rings is 1. The topological polar surface area (TPSA) is 83.9 Å². The number of nitrogens with zero attached hydrogens (tertiary/aromatic N) is 1. The molecule has 1 atom stereocenters. The Balaban J connectivity index is 3.22. The summed E-state index contributed by atoms with van der Waals surface area (Å²) >= 11 is 0. The molecule has 0 spiro atoms. The number of carboxylic acids is 1. The van der Waals surface area contributed by atoms with Crippen molar-refractivity contribution in [3.8, 4) is 5.75 Å². The number of methoxy groups -OCH3 is 1. The number of sulfonamides is 1. The number of para-hydroxylation sites is 2. The van der Waals surface area contributed by atoms with Crippen LogP contribution in [0.2, 0.25) is 0 Å². The molecule has 106 valence electrons. The third-order valence-electron chi connectivity index (χ3n) is 2.62. The summed E-state index contributed by atoms with van der Waals surface area (Å²) in [4.78, 5) is 10.9. The van der Waals surface area contributed by atoms with Crippen molar-refractivity contribution in [3.63, 3.8) is 0 Å². The zero-order valence-corrected chi connectivity index (χ0v) is 11.8. The molecule has 1 rings (SSSR count). The summed E-state index contributed by atoms with van der Waals surface area (Å²) in [6.45, 7) is 1.31. The fourth-order valence-electron chi connectivity index (χ4n) is 1.58. The highest BCUT2D eigenvalue weighted by Crippen LogP contribution is 2.30. The second-order valence-corrected chi connectivity index (χ2v) is 6.11. The van der Waals surface area contributed by atoms with Crippen LogP contribution in [0.4, 0.5) is 5.69 Å². The van der Waals surface area contributed by atoms with Crippen LogP contribution in [-0.4, -0.2) is 39.4 Å².